The van der Waals surface area contributed by atoms with Gasteiger partial charge in [-0.2, -0.15) is 0 Å². The van der Waals surface area contributed by atoms with Gasteiger partial charge in [0.05, 0.1) is 12.2 Å². The Morgan fingerprint density at radius 2 is 1.50 bits per heavy atom. The normalized spacial score (nSPS) is 17.1. The van der Waals surface area contributed by atoms with Crippen molar-refractivity contribution in [3.63, 3.8) is 0 Å². The summed E-state index contributed by atoms with van der Waals surface area (Å²) in [5.41, 5.74) is 14.8. The van der Waals surface area contributed by atoms with Crippen molar-refractivity contribution in [3.05, 3.63) is 132 Å². The molecule has 4 aromatic carbocycles. The van der Waals surface area contributed by atoms with Crippen molar-refractivity contribution in [2.45, 2.75) is 75.8 Å². The molecule has 0 unspecified atom stereocenters. The van der Waals surface area contributed by atoms with Crippen LogP contribution in [0, 0.1) is 0 Å². The lowest BCUT2D eigenvalue weighted by molar-refractivity contribution is -0.140. The Labute approximate surface area is 358 Å². The van der Waals surface area contributed by atoms with Gasteiger partial charge in [0.25, 0.3) is 5.89 Å². The second-order valence-corrected chi connectivity index (χ2v) is 15.4. The molecule has 0 bridgehead atoms. The molecule has 2 saturated heterocycles. The fourth-order valence-corrected chi connectivity index (χ4v) is 7.73. The lowest BCUT2D eigenvalue weighted by Gasteiger charge is -2.29. The smallest absolute Gasteiger partial charge is 0.410 e. The number of benzene rings is 4. The number of carbonyl (C=O) groups is 5. The molecule has 16 nitrogen and oxygen atoms in total. The molecule has 0 saturated carbocycles. The van der Waals surface area contributed by atoms with Crippen LogP contribution in [0.5, 0.6) is 0 Å². The molecule has 0 spiro atoms. The summed E-state index contributed by atoms with van der Waals surface area (Å²) in [5.74, 6) is -2.26. The minimum atomic E-state index is -1.24. The van der Waals surface area contributed by atoms with Crippen molar-refractivity contribution in [3.8, 4) is 0 Å². The van der Waals surface area contributed by atoms with Gasteiger partial charge in [-0.25, -0.2) is 19.6 Å². The van der Waals surface area contributed by atoms with Gasteiger partial charge in [-0.3, -0.25) is 14.4 Å². The van der Waals surface area contributed by atoms with Crippen LogP contribution in [-0.2, 0) is 38.5 Å². The molecular weight excluding hydrogens is 793 g/mol. The molecule has 4 atom stereocenters. The maximum atomic E-state index is 14.8. The van der Waals surface area contributed by atoms with E-state index in [4.69, 9.17) is 25.4 Å². The number of aryl methyl sites for hydroxylation is 1. The van der Waals surface area contributed by atoms with Crippen LogP contribution in [0.4, 0.5) is 15.3 Å². The van der Waals surface area contributed by atoms with E-state index in [-0.39, 0.29) is 44.3 Å². The third kappa shape index (κ3) is 11.3. The molecule has 0 aliphatic carbocycles. The summed E-state index contributed by atoms with van der Waals surface area (Å²) in [6, 6.07) is 28.7. The van der Waals surface area contributed by atoms with E-state index >= 15 is 0 Å². The Balaban J connectivity index is 1.17. The van der Waals surface area contributed by atoms with Gasteiger partial charge >= 0.3 is 12.2 Å². The molecule has 5 aromatic rings. The van der Waals surface area contributed by atoms with Crippen LogP contribution in [0.25, 0.3) is 11.1 Å². The number of carbonyl (C=O) groups excluding carboxylic acids is 5. The number of piperidine rings is 1. The van der Waals surface area contributed by atoms with Crippen molar-refractivity contribution in [2.75, 3.05) is 19.6 Å². The van der Waals surface area contributed by atoms with E-state index in [9.17, 15) is 24.0 Å². The maximum Gasteiger partial charge on any atom is 0.410 e. The Hall–Kier alpha value is -7.23. The Kier molecular flexibility index (Phi) is 14.1. The molecule has 16 heteroatoms. The van der Waals surface area contributed by atoms with Gasteiger partial charge in [0.2, 0.25) is 17.6 Å². The Morgan fingerprint density at radius 1 is 0.806 bits per heavy atom. The number of likely N-dealkylation sites (tertiary alicyclic amines) is 2. The van der Waals surface area contributed by atoms with Crippen LogP contribution in [-0.4, -0.2) is 94.4 Å². The second-order valence-electron chi connectivity index (χ2n) is 15.4. The predicted octanol–water partition coefficient (Wildman–Crippen LogP) is 5.16. The van der Waals surface area contributed by atoms with Crippen LogP contribution in [0.1, 0.15) is 59.5 Å². The van der Waals surface area contributed by atoms with E-state index in [0.717, 1.165) is 30.4 Å². The molecule has 2 aliphatic heterocycles. The van der Waals surface area contributed by atoms with Crippen LogP contribution in [0.15, 0.2) is 119 Å². The number of ether oxygens (including phenoxy) is 2. The van der Waals surface area contributed by atoms with Crippen molar-refractivity contribution in [1.29, 1.82) is 0 Å². The monoisotopic (exact) mass is 842 g/mol. The SMILES string of the molecule is NC(N)=Nc1cccc(C[C@H](NC(=O)[C@@H]2C[C@@H](OC(=O)N3CCCCC3)CN2C(=O)[C@@H](CCc2ccccc2)NC(=O)OCc2ccccc2)C(=O)c2nc3ccccc3o2)c1. The van der Waals surface area contributed by atoms with Crippen LogP contribution in [0.2, 0.25) is 0 Å². The van der Waals surface area contributed by atoms with Crippen molar-refractivity contribution < 1.29 is 37.9 Å². The molecule has 1 aromatic heterocycles. The molecule has 4 amide bonds. The van der Waals surface area contributed by atoms with Gasteiger partial charge in [-0.1, -0.05) is 84.9 Å². The van der Waals surface area contributed by atoms with Gasteiger partial charge in [-0.05, 0) is 73.1 Å². The first-order chi connectivity index (χ1) is 30.1. The highest BCUT2D eigenvalue weighted by molar-refractivity contribution is 6.01. The van der Waals surface area contributed by atoms with E-state index in [1.165, 1.54) is 4.90 Å². The number of amides is 4. The summed E-state index contributed by atoms with van der Waals surface area (Å²) in [5, 5.41) is 5.62. The number of Topliss-reactive ketones (excluding diaryl/α,β-unsaturated/α-hetero) is 1. The lowest BCUT2D eigenvalue weighted by Crippen LogP contribution is -2.55. The second kappa shape index (κ2) is 20.4. The van der Waals surface area contributed by atoms with Gasteiger partial charge in [0, 0.05) is 25.9 Å². The number of hydrogen-bond donors (Lipinski definition) is 4. The largest absolute Gasteiger partial charge is 0.445 e. The summed E-state index contributed by atoms with van der Waals surface area (Å²) in [4.78, 5) is 81.9. The van der Waals surface area contributed by atoms with E-state index in [1.54, 1.807) is 53.4 Å². The zero-order valence-electron chi connectivity index (χ0n) is 34.2. The number of nitrogens with zero attached hydrogens (tertiary/aromatic N) is 4. The molecule has 62 heavy (non-hydrogen) atoms. The third-order valence-corrected chi connectivity index (χ3v) is 10.8. The maximum absolute atomic E-state index is 14.8. The highest BCUT2D eigenvalue weighted by atomic mass is 16.6. The first-order valence-electron chi connectivity index (χ1n) is 20.8. The van der Waals surface area contributed by atoms with Crippen LogP contribution in [0.3, 0.4) is 0 Å². The quantitative estimate of drug-likeness (QED) is 0.0612. The van der Waals surface area contributed by atoms with Gasteiger partial charge in [0.15, 0.2) is 11.5 Å². The number of hydrogen-bond acceptors (Lipinski definition) is 10. The average molecular weight is 843 g/mol. The number of oxazole rings is 1. The minimum absolute atomic E-state index is 0.0279. The standard InChI is InChI=1S/C46H50N8O8/c47-44(48)49-33-18-12-17-32(25-33)26-37(40(55)42-51-35-19-8-9-20-39(35)62-42)50-41(56)38-27-34(61-46(59)53-23-10-3-11-24-53)28-54(38)43(57)36(22-21-30-13-4-1-5-14-30)52-45(58)60-29-31-15-6-2-7-16-31/h1-2,4-9,12-20,25,34,36-38H,3,10-11,21-24,26-29H2,(H,50,56)(H,52,58)(H4,47,48,49)/t34-,36-,37+,38+/m1/s1. The Bertz CT molecular complexity index is 2350. The Morgan fingerprint density at radius 3 is 2.23 bits per heavy atom. The topological polar surface area (TPSA) is 225 Å². The zero-order valence-corrected chi connectivity index (χ0v) is 34.2. The third-order valence-electron chi connectivity index (χ3n) is 10.8. The molecular formula is C46H50N8O8. The number of ketones is 1. The molecule has 7 rings (SSSR count). The molecule has 2 aliphatic rings. The fraction of sp³-hybridized carbons (Fsp3) is 0.326. The number of alkyl carbamates (subject to hydrolysis) is 1. The first-order valence-corrected chi connectivity index (χ1v) is 20.8. The summed E-state index contributed by atoms with van der Waals surface area (Å²) < 4.78 is 17.3. The molecule has 3 heterocycles. The number of rotatable bonds is 15. The number of para-hydroxylation sites is 2. The lowest BCUT2D eigenvalue weighted by atomic mass is 10.0. The summed E-state index contributed by atoms with van der Waals surface area (Å²) in [7, 11) is 0. The average Bonchev–Trinajstić information content (AvgIpc) is 3.92. The predicted molar refractivity (Wildman–Crippen MR) is 230 cm³/mol. The van der Waals surface area contributed by atoms with E-state index in [2.05, 4.69) is 20.6 Å². The number of nitrogens with one attached hydrogen (secondary N) is 2. The number of guanidine groups is 1. The van der Waals surface area contributed by atoms with Gasteiger partial charge in [-0.15, -0.1) is 0 Å². The van der Waals surface area contributed by atoms with Gasteiger partial charge in [0.1, 0.15) is 36.4 Å². The van der Waals surface area contributed by atoms with Crippen molar-refractivity contribution >= 4 is 52.5 Å². The molecule has 6 N–H and O–H groups in total. The number of nitrogens with two attached hydrogens (primary N) is 2. The first kappa shape index (κ1) is 42.9. The van der Waals surface area contributed by atoms with Crippen molar-refractivity contribution in [2.24, 2.45) is 16.5 Å². The summed E-state index contributed by atoms with van der Waals surface area (Å²) >= 11 is 0. The van der Waals surface area contributed by atoms with Gasteiger partial charge < -0.3 is 45.8 Å². The zero-order chi connectivity index (χ0) is 43.4. The van der Waals surface area contributed by atoms with Crippen LogP contribution >= 0.6 is 0 Å². The summed E-state index contributed by atoms with van der Waals surface area (Å²) in [6.07, 6.45) is 0.952. The van der Waals surface area contributed by atoms with Crippen molar-refractivity contribution in [1.82, 2.24) is 25.4 Å². The van der Waals surface area contributed by atoms with E-state index in [0.29, 0.717) is 41.9 Å². The molecule has 2 fully saturated rings. The highest BCUT2D eigenvalue weighted by Gasteiger charge is 2.45. The summed E-state index contributed by atoms with van der Waals surface area (Å²) in [6.45, 7) is 0.917. The molecule has 0 radical (unpaired) electrons. The van der Waals surface area contributed by atoms with E-state index < -0.39 is 54.0 Å². The number of aliphatic imine (C=N–C) groups is 1. The molecule has 322 valence electrons. The highest BCUT2D eigenvalue weighted by Crippen LogP contribution is 2.26. The number of fused-ring (bicyclic) bond motifs is 1. The number of aromatic nitrogens is 1. The minimum Gasteiger partial charge on any atom is -0.445 e. The van der Waals surface area contributed by atoms with Crippen LogP contribution < -0.4 is 22.1 Å². The van der Waals surface area contributed by atoms with E-state index in [1.807, 2.05) is 60.7 Å². The fourth-order valence-electron chi connectivity index (χ4n) is 7.73.